The summed E-state index contributed by atoms with van der Waals surface area (Å²) < 4.78 is 45.0. The summed E-state index contributed by atoms with van der Waals surface area (Å²) in [6.45, 7) is 1.76. The third kappa shape index (κ3) is 6.86. The Morgan fingerprint density at radius 1 is 1.25 bits per heavy atom. The Labute approximate surface area is 136 Å². The zero-order chi connectivity index (χ0) is 18.3. The molecule has 1 aromatic carbocycles. The number of carboxylic acid groups (broad SMARTS) is 1. The van der Waals surface area contributed by atoms with Crippen molar-refractivity contribution in [3.8, 4) is 5.75 Å². The first-order valence-electron chi connectivity index (χ1n) is 6.99. The summed E-state index contributed by atoms with van der Waals surface area (Å²) in [4.78, 5) is 23.0. The number of methoxy groups -OCH3 is 1. The van der Waals surface area contributed by atoms with Crippen molar-refractivity contribution in [3.63, 3.8) is 0 Å². The Kier molecular flexibility index (Phi) is 7.02. The van der Waals surface area contributed by atoms with Gasteiger partial charge in [0.2, 0.25) is 5.91 Å². The molecule has 2 N–H and O–H groups in total. The van der Waals surface area contributed by atoms with E-state index in [4.69, 9.17) is 9.84 Å². The summed E-state index contributed by atoms with van der Waals surface area (Å²) in [5.74, 6) is -2.51. The fourth-order valence-corrected chi connectivity index (χ4v) is 1.97. The van der Waals surface area contributed by atoms with Crippen LogP contribution < -0.4 is 10.1 Å². The highest BCUT2D eigenvalue weighted by molar-refractivity contribution is 5.79. The second-order valence-corrected chi connectivity index (χ2v) is 5.13. The third-order valence-electron chi connectivity index (χ3n) is 3.08. The van der Waals surface area contributed by atoms with Crippen LogP contribution >= 0.6 is 0 Å². The van der Waals surface area contributed by atoms with Crippen LogP contribution in [-0.4, -0.2) is 37.1 Å². The molecule has 134 valence electrons. The lowest BCUT2D eigenvalue weighted by Crippen LogP contribution is -2.35. The van der Waals surface area contributed by atoms with Crippen LogP contribution in [0.5, 0.6) is 5.75 Å². The van der Waals surface area contributed by atoms with Gasteiger partial charge in [-0.25, -0.2) is 0 Å². The molecule has 0 saturated carbocycles. The number of halogens is 3. The normalized spacial score (nSPS) is 13.9. The number of carboxylic acids is 1. The van der Waals surface area contributed by atoms with Gasteiger partial charge in [-0.1, -0.05) is 19.1 Å². The molecule has 0 spiro atoms. The molecule has 0 aliphatic rings. The number of alkyl halides is 3. The van der Waals surface area contributed by atoms with Crippen LogP contribution in [0, 0.1) is 5.92 Å². The molecule has 0 aromatic heterocycles. The van der Waals surface area contributed by atoms with Crippen molar-refractivity contribution in [1.82, 2.24) is 5.32 Å². The van der Waals surface area contributed by atoms with Crippen LogP contribution in [0.25, 0.3) is 0 Å². The molecule has 6 nitrogen and oxygen atoms in total. The van der Waals surface area contributed by atoms with Crippen molar-refractivity contribution in [1.29, 1.82) is 0 Å². The summed E-state index contributed by atoms with van der Waals surface area (Å²) >= 11 is 0. The van der Waals surface area contributed by atoms with Gasteiger partial charge in [-0.3, -0.25) is 9.59 Å². The van der Waals surface area contributed by atoms with Crippen molar-refractivity contribution in [2.75, 3.05) is 13.7 Å². The fraction of sp³-hybridized carbons (Fsp3) is 0.467. The number of carbonyl (C=O) groups excluding carboxylic acids is 1. The van der Waals surface area contributed by atoms with Gasteiger partial charge in [-0.05, 0) is 17.7 Å². The number of nitrogens with one attached hydrogen (secondary N) is 1. The minimum absolute atomic E-state index is 0.157. The highest BCUT2D eigenvalue weighted by Crippen LogP contribution is 2.25. The summed E-state index contributed by atoms with van der Waals surface area (Å²) in [6, 6.07) is 3.78. The van der Waals surface area contributed by atoms with Gasteiger partial charge in [0.05, 0.1) is 25.0 Å². The smallest absolute Gasteiger partial charge is 0.481 e. The second-order valence-electron chi connectivity index (χ2n) is 5.13. The van der Waals surface area contributed by atoms with Crippen molar-refractivity contribution in [2.24, 2.45) is 5.92 Å². The monoisotopic (exact) mass is 349 g/mol. The average molecular weight is 349 g/mol. The molecule has 1 rings (SSSR count). The van der Waals surface area contributed by atoms with Crippen LogP contribution in [-0.2, 0) is 14.3 Å². The maximum atomic E-state index is 12.1. The van der Waals surface area contributed by atoms with E-state index in [0.717, 1.165) is 12.1 Å². The van der Waals surface area contributed by atoms with Gasteiger partial charge >= 0.3 is 12.3 Å². The first kappa shape index (κ1) is 19.8. The summed E-state index contributed by atoms with van der Waals surface area (Å²) in [6.07, 6.45) is -5.23. The summed E-state index contributed by atoms with van der Waals surface area (Å²) in [7, 11) is 1.43. The number of benzene rings is 1. The number of aliphatic carboxylic acids is 1. The third-order valence-corrected chi connectivity index (χ3v) is 3.08. The van der Waals surface area contributed by atoms with Crippen molar-refractivity contribution < 1.29 is 37.3 Å². The van der Waals surface area contributed by atoms with E-state index in [0.29, 0.717) is 5.56 Å². The first-order chi connectivity index (χ1) is 11.1. The van der Waals surface area contributed by atoms with Crippen molar-refractivity contribution in [3.05, 3.63) is 29.8 Å². The predicted octanol–water partition coefficient (Wildman–Crippen LogP) is 2.50. The standard InChI is InChI=1S/C15H18F3NO5/c1-9(8-23-2)14(22)19-12(7-13(20)21)10-3-5-11(6-4-10)24-15(16,17)18/h3-6,9,12H,7-8H2,1-2H3,(H,19,22)(H,20,21). The van der Waals surface area contributed by atoms with Crippen LogP contribution in [0.3, 0.4) is 0 Å². The Balaban J connectivity index is 2.88. The summed E-state index contributed by atoms with van der Waals surface area (Å²) in [5.41, 5.74) is 0.352. The number of amides is 1. The van der Waals surface area contributed by atoms with Crippen molar-refractivity contribution >= 4 is 11.9 Å². The van der Waals surface area contributed by atoms with Crippen LogP contribution in [0.1, 0.15) is 24.9 Å². The lowest BCUT2D eigenvalue weighted by Gasteiger charge is -2.20. The molecular formula is C15H18F3NO5. The topological polar surface area (TPSA) is 84.9 Å². The number of hydrogen-bond acceptors (Lipinski definition) is 4. The Bertz CT molecular complexity index is 559. The van der Waals surface area contributed by atoms with E-state index in [1.54, 1.807) is 6.92 Å². The van der Waals surface area contributed by atoms with E-state index in [1.165, 1.54) is 19.2 Å². The molecule has 1 aromatic rings. The maximum absolute atomic E-state index is 12.1. The van der Waals surface area contributed by atoms with E-state index in [1.807, 2.05) is 0 Å². The van der Waals surface area contributed by atoms with E-state index in [-0.39, 0.29) is 6.61 Å². The van der Waals surface area contributed by atoms with Gasteiger partial charge < -0.3 is 19.9 Å². The van der Waals surface area contributed by atoms with Gasteiger partial charge in [0, 0.05) is 7.11 Å². The van der Waals surface area contributed by atoms with Gasteiger partial charge in [-0.15, -0.1) is 13.2 Å². The lowest BCUT2D eigenvalue weighted by atomic mass is 10.0. The zero-order valence-corrected chi connectivity index (χ0v) is 13.1. The van der Waals surface area contributed by atoms with Gasteiger partial charge in [0.1, 0.15) is 5.75 Å². The molecule has 0 aliphatic heterocycles. The molecule has 24 heavy (non-hydrogen) atoms. The molecule has 2 atom stereocenters. The number of hydrogen-bond donors (Lipinski definition) is 2. The number of carbonyl (C=O) groups is 2. The highest BCUT2D eigenvalue weighted by Gasteiger charge is 2.31. The number of ether oxygens (including phenoxy) is 2. The molecule has 0 fully saturated rings. The van der Waals surface area contributed by atoms with Gasteiger partial charge in [0.25, 0.3) is 0 Å². The van der Waals surface area contributed by atoms with Crippen molar-refractivity contribution in [2.45, 2.75) is 25.7 Å². The lowest BCUT2D eigenvalue weighted by molar-refractivity contribution is -0.274. The molecule has 0 bridgehead atoms. The van der Waals surface area contributed by atoms with E-state index in [9.17, 15) is 22.8 Å². The molecular weight excluding hydrogens is 331 g/mol. The molecule has 0 radical (unpaired) electrons. The van der Waals surface area contributed by atoms with Gasteiger partial charge in [-0.2, -0.15) is 0 Å². The fourth-order valence-electron chi connectivity index (χ4n) is 1.97. The molecule has 0 aliphatic carbocycles. The quantitative estimate of drug-likeness (QED) is 0.753. The average Bonchev–Trinajstić information content (AvgIpc) is 2.45. The van der Waals surface area contributed by atoms with Crippen LogP contribution in [0.4, 0.5) is 13.2 Å². The molecule has 0 saturated heterocycles. The zero-order valence-electron chi connectivity index (χ0n) is 13.1. The molecule has 9 heteroatoms. The molecule has 0 heterocycles. The Hall–Kier alpha value is -2.29. The molecule has 2 unspecified atom stereocenters. The van der Waals surface area contributed by atoms with E-state index < -0.39 is 42.4 Å². The predicted molar refractivity (Wildman–Crippen MR) is 77.3 cm³/mol. The number of rotatable bonds is 8. The van der Waals surface area contributed by atoms with Gasteiger partial charge in [0.15, 0.2) is 0 Å². The van der Waals surface area contributed by atoms with E-state index in [2.05, 4.69) is 10.1 Å². The Morgan fingerprint density at radius 3 is 2.29 bits per heavy atom. The minimum atomic E-state index is -4.81. The largest absolute Gasteiger partial charge is 0.573 e. The maximum Gasteiger partial charge on any atom is 0.573 e. The Morgan fingerprint density at radius 2 is 1.83 bits per heavy atom. The van der Waals surface area contributed by atoms with Crippen LogP contribution in [0.2, 0.25) is 0 Å². The SMILES string of the molecule is COCC(C)C(=O)NC(CC(=O)O)c1ccc(OC(F)(F)F)cc1. The second kappa shape index (κ2) is 8.53. The highest BCUT2D eigenvalue weighted by atomic mass is 19.4. The van der Waals surface area contributed by atoms with Crippen LogP contribution in [0.15, 0.2) is 24.3 Å². The molecule has 1 amide bonds. The van der Waals surface area contributed by atoms with E-state index >= 15 is 0 Å². The minimum Gasteiger partial charge on any atom is -0.481 e. The first-order valence-corrected chi connectivity index (χ1v) is 6.99. The summed E-state index contributed by atoms with van der Waals surface area (Å²) in [5, 5.41) is 11.5.